The number of aromatic nitrogens is 4. The first kappa shape index (κ1) is 22.8. The van der Waals surface area contributed by atoms with Gasteiger partial charge in [-0.05, 0) is 37.3 Å². The quantitative estimate of drug-likeness (QED) is 0.216. The van der Waals surface area contributed by atoms with Crippen LogP contribution < -0.4 is 5.32 Å². The second kappa shape index (κ2) is 9.27. The van der Waals surface area contributed by atoms with E-state index in [1.165, 1.54) is 10.9 Å². The Morgan fingerprint density at radius 1 is 1.19 bits per heavy atom. The van der Waals surface area contributed by atoms with Gasteiger partial charge >= 0.3 is 7.60 Å². The molecule has 0 aromatic carbocycles. The van der Waals surface area contributed by atoms with Crippen LogP contribution in [0.2, 0.25) is 5.28 Å². The summed E-state index contributed by atoms with van der Waals surface area (Å²) >= 11 is 6.14. The Morgan fingerprint density at radius 3 is 2.65 bits per heavy atom. The summed E-state index contributed by atoms with van der Waals surface area (Å²) in [5.74, 6) is 0.530. The summed E-state index contributed by atoms with van der Waals surface area (Å²) in [6.45, 7) is 0. The molecule has 13 heteroatoms. The van der Waals surface area contributed by atoms with Crippen molar-refractivity contribution < 1.29 is 29.3 Å². The second-order valence-electron chi connectivity index (χ2n) is 8.22. The Labute approximate surface area is 184 Å². The standard InChI is InChI=1S/C18H27ClN5O6P/c19-18-22-15(21-10-5-1-2-6-10)12-16(23-18)24(9-20-12)17-14(26)13(25)11(30-17)7-3-4-8-31(27,28)29/h9-11,13-14,17,25-26H,1-8H2,(H,21,22,23)(H2,27,28,29). The fourth-order valence-electron chi connectivity index (χ4n) is 4.30. The lowest BCUT2D eigenvalue weighted by atomic mass is 10.1. The van der Waals surface area contributed by atoms with Crippen molar-refractivity contribution in [2.24, 2.45) is 0 Å². The molecule has 0 bridgehead atoms. The van der Waals surface area contributed by atoms with Crippen LogP contribution in [-0.4, -0.2) is 70.0 Å². The fourth-order valence-corrected chi connectivity index (χ4v) is 5.10. The summed E-state index contributed by atoms with van der Waals surface area (Å²) in [6.07, 6.45) is 2.79. The first-order chi connectivity index (χ1) is 14.7. The molecule has 1 aliphatic heterocycles. The van der Waals surface area contributed by atoms with Crippen molar-refractivity contribution >= 4 is 36.2 Å². The molecule has 0 radical (unpaired) electrons. The normalized spacial score (nSPS) is 27.4. The van der Waals surface area contributed by atoms with E-state index in [0.717, 1.165) is 25.7 Å². The Hall–Kier alpha value is -1.33. The van der Waals surface area contributed by atoms with E-state index in [0.29, 0.717) is 42.3 Å². The van der Waals surface area contributed by atoms with Gasteiger partial charge in [0.15, 0.2) is 23.2 Å². The van der Waals surface area contributed by atoms with E-state index in [-0.39, 0.29) is 11.4 Å². The Kier molecular flexibility index (Phi) is 6.83. The molecule has 1 aliphatic carbocycles. The topological polar surface area (TPSA) is 163 Å². The van der Waals surface area contributed by atoms with Gasteiger partial charge in [0.2, 0.25) is 5.28 Å². The molecule has 0 spiro atoms. The summed E-state index contributed by atoms with van der Waals surface area (Å²) in [5, 5.41) is 24.4. The third kappa shape index (κ3) is 5.19. The fraction of sp³-hybridized carbons (Fsp3) is 0.722. The molecular weight excluding hydrogens is 449 g/mol. The van der Waals surface area contributed by atoms with Gasteiger partial charge in [-0.2, -0.15) is 9.97 Å². The summed E-state index contributed by atoms with van der Waals surface area (Å²) in [5.41, 5.74) is 0.894. The molecule has 4 rings (SSSR count). The van der Waals surface area contributed by atoms with Crippen LogP contribution in [0.1, 0.15) is 51.2 Å². The van der Waals surface area contributed by atoms with Gasteiger partial charge in [0.25, 0.3) is 0 Å². The minimum Gasteiger partial charge on any atom is -0.388 e. The highest BCUT2D eigenvalue weighted by Gasteiger charge is 2.44. The van der Waals surface area contributed by atoms with Crippen molar-refractivity contribution in [1.29, 1.82) is 0 Å². The highest BCUT2D eigenvalue weighted by atomic mass is 35.5. The largest absolute Gasteiger partial charge is 0.388 e. The van der Waals surface area contributed by atoms with Crippen LogP contribution in [0.4, 0.5) is 5.82 Å². The second-order valence-corrected chi connectivity index (χ2v) is 10.3. The van der Waals surface area contributed by atoms with E-state index in [1.807, 2.05) is 0 Å². The van der Waals surface area contributed by atoms with Crippen molar-refractivity contribution in [3.05, 3.63) is 11.6 Å². The zero-order valence-corrected chi connectivity index (χ0v) is 18.5. The maximum absolute atomic E-state index is 11.0. The number of fused-ring (bicyclic) bond motifs is 1. The van der Waals surface area contributed by atoms with Gasteiger partial charge in [0.05, 0.1) is 12.4 Å². The number of aliphatic hydroxyl groups is 2. The maximum Gasteiger partial charge on any atom is 0.325 e. The van der Waals surface area contributed by atoms with Gasteiger partial charge in [-0.15, -0.1) is 0 Å². The number of anilines is 1. The molecule has 0 amide bonds. The summed E-state index contributed by atoms with van der Waals surface area (Å²) in [6, 6.07) is 0.298. The maximum atomic E-state index is 11.0. The minimum atomic E-state index is -4.05. The number of ether oxygens (including phenoxy) is 1. The van der Waals surface area contributed by atoms with Crippen LogP contribution >= 0.6 is 19.2 Å². The Morgan fingerprint density at radius 2 is 1.94 bits per heavy atom. The average Bonchev–Trinajstić information content (AvgIpc) is 3.40. The molecule has 172 valence electrons. The molecule has 1 saturated carbocycles. The highest BCUT2D eigenvalue weighted by Crippen LogP contribution is 2.37. The van der Waals surface area contributed by atoms with Crippen LogP contribution in [-0.2, 0) is 9.30 Å². The lowest BCUT2D eigenvalue weighted by Gasteiger charge is -2.17. The lowest BCUT2D eigenvalue weighted by molar-refractivity contribution is -0.0373. The molecule has 4 unspecified atom stereocenters. The van der Waals surface area contributed by atoms with Gasteiger partial charge < -0.3 is 30.1 Å². The first-order valence-electron chi connectivity index (χ1n) is 10.5. The number of aliphatic hydroxyl groups excluding tert-OH is 2. The molecule has 2 fully saturated rings. The highest BCUT2D eigenvalue weighted by molar-refractivity contribution is 7.51. The van der Waals surface area contributed by atoms with Crippen LogP contribution in [0.25, 0.3) is 11.2 Å². The van der Waals surface area contributed by atoms with Crippen LogP contribution in [0.15, 0.2) is 6.33 Å². The molecule has 4 atom stereocenters. The van der Waals surface area contributed by atoms with Crippen molar-refractivity contribution in [3.8, 4) is 0 Å². The number of hydrogen-bond acceptors (Lipinski definition) is 8. The summed E-state index contributed by atoms with van der Waals surface area (Å²) < 4.78 is 18.4. The van der Waals surface area contributed by atoms with Crippen molar-refractivity contribution in [2.45, 2.75) is 75.5 Å². The average molecular weight is 476 g/mol. The van der Waals surface area contributed by atoms with Gasteiger partial charge in [-0.1, -0.05) is 19.3 Å². The van der Waals surface area contributed by atoms with Gasteiger partial charge in [0.1, 0.15) is 12.2 Å². The first-order valence-corrected chi connectivity index (χ1v) is 12.6. The molecule has 1 saturated heterocycles. The number of hydrogen-bond donors (Lipinski definition) is 5. The number of rotatable bonds is 8. The minimum absolute atomic E-state index is 0.0387. The number of unbranched alkanes of at least 4 members (excludes halogenated alkanes) is 1. The van der Waals surface area contributed by atoms with E-state index < -0.39 is 32.1 Å². The van der Waals surface area contributed by atoms with Crippen LogP contribution in [0.3, 0.4) is 0 Å². The Balaban J connectivity index is 1.50. The zero-order chi connectivity index (χ0) is 22.2. The molecule has 2 aromatic heterocycles. The number of halogens is 1. The third-order valence-corrected chi connectivity index (χ3v) is 6.96. The SMILES string of the molecule is O=P(O)(O)CCCCC1OC(n2cnc3c(NC4CCCC4)nc(Cl)nc32)C(O)C1O. The van der Waals surface area contributed by atoms with Crippen molar-refractivity contribution in [3.63, 3.8) is 0 Å². The molecule has 2 aromatic rings. The van der Waals surface area contributed by atoms with Crippen molar-refractivity contribution in [2.75, 3.05) is 11.5 Å². The smallest absolute Gasteiger partial charge is 0.325 e. The zero-order valence-electron chi connectivity index (χ0n) is 16.8. The number of nitrogens with zero attached hydrogens (tertiary/aromatic N) is 4. The van der Waals surface area contributed by atoms with E-state index >= 15 is 0 Å². The molecule has 2 aliphatic rings. The van der Waals surface area contributed by atoms with Gasteiger partial charge in [0, 0.05) is 12.2 Å². The number of nitrogens with one attached hydrogen (secondary N) is 1. The van der Waals surface area contributed by atoms with E-state index in [1.54, 1.807) is 0 Å². The number of imidazole rings is 1. The third-order valence-electron chi connectivity index (χ3n) is 5.89. The lowest BCUT2D eigenvalue weighted by Crippen LogP contribution is -2.31. The summed E-state index contributed by atoms with van der Waals surface area (Å²) in [4.78, 5) is 30.8. The molecule has 31 heavy (non-hydrogen) atoms. The van der Waals surface area contributed by atoms with E-state index in [9.17, 15) is 14.8 Å². The monoisotopic (exact) mass is 475 g/mol. The van der Waals surface area contributed by atoms with Crippen molar-refractivity contribution in [1.82, 2.24) is 19.5 Å². The predicted molar refractivity (Wildman–Crippen MR) is 113 cm³/mol. The Bertz CT molecular complexity index is 964. The van der Waals surface area contributed by atoms with E-state index in [4.69, 9.17) is 26.1 Å². The molecule has 11 nitrogen and oxygen atoms in total. The van der Waals surface area contributed by atoms with Crippen LogP contribution in [0, 0.1) is 0 Å². The van der Waals surface area contributed by atoms with E-state index in [2.05, 4.69) is 20.3 Å². The van der Waals surface area contributed by atoms with Gasteiger partial charge in [-0.25, -0.2) is 4.98 Å². The van der Waals surface area contributed by atoms with Gasteiger partial charge in [-0.3, -0.25) is 9.13 Å². The predicted octanol–water partition coefficient (Wildman–Crippen LogP) is 1.80. The molecule has 3 heterocycles. The molecular formula is C18H27ClN5O6P. The molecule has 5 N–H and O–H groups in total. The van der Waals surface area contributed by atoms with Crippen LogP contribution in [0.5, 0.6) is 0 Å². The summed E-state index contributed by atoms with van der Waals surface area (Å²) in [7, 11) is -4.05.